The third-order valence-corrected chi connectivity index (χ3v) is 3.96. The Bertz CT molecular complexity index is 734. The van der Waals surface area contributed by atoms with Crippen LogP contribution in [0.1, 0.15) is 35.7 Å². The van der Waals surface area contributed by atoms with Gasteiger partial charge in [-0.2, -0.15) is 0 Å². The highest BCUT2D eigenvalue weighted by Crippen LogP contribution is 2.16. The molecular weight excluding hydrogens is 384 g/mol. The van der Waals surface area contributed by atoms with Gasteiger partial charge in [0.1, 0.15) is 0 Å². The molecule has 0 aliphatic carbocycles. The Balaban J connectivity index is 1.95. The molecule has 0 aliphatic heterocycles. The van der Waals surface area contributed by atoms with Crippen molar-refractivity contribution in [3.8, 4) is 0 Å². The zero-order valence-corrected chi connectivity index (χ0v) is 15.6. The molecule has 0 atom stereocenters. The van der Waals surface area contributed by atoms with Crippen LogP contribution >= 0.6 is 15.9 Å². The van der Waals surface area contributed by atoms with Crippen LogP contribution in [0.15, 0.2) is 53.0 Å². The van der Waals surface area contributed by atoms with Crippen LogP contribution in [0.5, 0.6) is 0 Å². The van der Waals surface area contributed by atoms with E-state index in [-0.39, 0.29) is 6.03 Å². The molecule has 6 heteroatoms. The van der Waals surface area contributed by atoms with Crippen LogP contribution in [-0.2, 0) is 11.3 Å². The van der Waals surface area contributed by atoms with Crippen molar-refractivity contribution in [3.63, 3.8) is 0 Å². The van der Waals surface area contributed by atoms with Crippen LogP contribution in [0.25, 0.3) is 0 Å². The number of esters is 1. The minimum atomic E-state index is -0.434. The molecule has 2 rings (SSSR count). The summed E-state index contributed by atoms with van der Waals surface area (Å²) in [5.74, 6) is -0.434. The fourth-order valence-corrected chi connectivity index (χ4v) is 2.60. The SMILES string of the molecule is CCCCOC(=O)c1ccccc1NC(=O)NCc1cccc(Br)c1. The Hall–Kier alpha value is -2.34. The first-order valence-corrected chi connectivity index (χ1v) is 8.95. The molecule has 2 aromatic carbocycles. The molecule has 0 saturated heterocycles. The number of amides is 2. The number of hydrogen-bond acceptors (Lipinski definition) is 3. The predicted octanol–water partition coefficient (Wildman–Crippen LogP) is 4.73. The first-order valence-electron chi connectivity index (χ1n) is 8.15. The zero-order valence-electron chi connectivity index (χ0n) is 14.0. The molecule has 2 amide bonds. The van der Waals surface area contributed by atoms with Gasteiger partial charge in [0.05, 0.1) is 17.9 Å². The monoisotopic (exact) mass is 404 g/mol. The molecule has 0 fully saturated rings. The molecule has 0 unspecified atom stereocenters. The number of unbranched alkanes of at least 4 members (excludes halogenated alkanes) is 1. The van der Waals surface area contributed by atoms with Gasteiger partial charge >= 0.3 is 12.0 Å². The normalized spacial score (nSPS) is 10.2. The first-order chi connectivity index (χ1) is 12.1. The van der Waals surface area contributed by atoms with E-state index in [4.69, 9.17) is 4.74 Å². The molecule has 0 heterocycles. The summed E-state index contributed by atoms with van der Waals surface area (Å²) in [7, 11) is 0. The van der Waals surface area contributed by atoms with E-state index in [0.29, 0.717) is 24.4 Å². The summed E-state index contributed by atoms with van der Waals surface area (Å²) in [5.41, 5.74) is 1.74. The van der Waals surface area contributed by atoms with Crippen LogP contribution in [0.2, 0.25) is 0 Å². The van der Waals surface area contributed by atoms with Crippen molar-refractivity contribution >= 4 is 33.6 Å². The standard InChI is InChI=1S/C19H21BrN2O3/c1-2-3-11-25-18(23)16-9-4-5-10-17(16)22-19(24)21-13-14-7-6-8-15(20)12-14/h4-10,12H,2-3,11,13H2,1H3,(H2,21,22,24). The maximum atomic E-state index is 12.1. The summed E-state index contributed by atoms with van der Waals surface area (Å²) < 4.78 is 6.17. The van der Waals surface area contributed by atoms with Gasteiger partial charge in [0, 0.05) is 11.0 Å². The van der Waals surface area contributed by atoms with Crippen molar-refractivity contribution in [1.82, 2.24) is 5.32 Å². The second kappa shape index (κ2) is 9.84. The predicted molar refractivity (Wildman–Crippen MR) is 102 cm³/mol. The van der Waals surface area contributed by atoms with Crippen molar-refractivity contribution in [3.05, 3.63) is 64.1 Å². The molecule has 0 radical (unpaired) electrons. The van der Waals surface area contributed by atoms with E-state index in [1.54, 1.807) is 24.3 Å². The van der Waals surface area contributed by atoms with Crippen molar-refractivity contribution in [1.29, 1.82) is 0 Å². The second-order valence-electron chi connectivity index (χ2n) is 5.47. The number of carbonyl (C=O) groups is 2. The second-order valence-corrected chi connectivity index (χ2v) is 6.39. The number of carbonyl (C=O) groups excluding carboxylic acids is 2. The van der Waals surface area contributed by atoms with Crippen LogP contribution in [0.4, 0.5) is 10.5 Å². The highest BCUT2D eigenvalue weighted by atomic mass is 79.9. The van der Waals surface area contributed by atoms with E-state index >= 15 is 0 Å². The lowest BCUT2D eigenvalue weighted by Crippen LogP contribution is -2.29. The number of anilines is 1. The molecule has 132 valence electrons. The van der Waals surface area contributed by atoms with E-state index in [9.17, 15) is 9.59 Å². The highest BCUT2D eigenvalue weighted by Gasteiger charge is 2.14. The van der Waals surface area contributed by atoms with Crippen molar-refractivity contribution in [2.75, 3.05) is 11.9 Å². The molecule has 2 N–H and O–H groups in total. The number of benzene rings is 2. The van der Waals surface area contributed by atoms with E-state index in [0.717, 1.165) is 22.9 Å². The highest BCUT2D eigenvalue weighted by molar-refractivity contribution is 9.10. The molecule has 0 spiro atoms. The number of ether oxygens (including phenoxy) is 1. The summed E-state index contributed by atoms with van der Waals surface area (Å²) in [4.78, 5) is 24.3. The number of nitrogens with one attached hydrogen (secondary N) is 2. The van der Waals surface area contributed by atoms with E-state index in [1.165, 1.54) is 0 Å². The van der Waals surface area contributed by atoms with Crippen molar-refractivity contribution < 1.29 is 14.3 Å². The first kappa shape index (κ1) is 19.0. The number of halogens is 1. The maximum Gasteiger partial charge on any atom is 0.340 e. The Morgan fingerprint density at radius 1 is 1.12 bits per heavy atom. The minimum Gasteiger partial charge on any atom is -0.462 e. The third-order valence-electron chi connectivity index (χ3n) is 3.47. The van der Waals surface area contributed by atoms with E-state index in [1.807, 2.05) is 31.2 Å². The lowest BCUT2D eigenvalue weighted by Gasteiger charge is -2.12. The van der Waals surface area contributed by atoms with Gasteiger partial charge in [-0.15, -0.1) is 0 Å². The number of rotatable bonds is 7. The fourth-order valence-electron chi connectivity index (χ4n) is 2.15. The van der Waals surface area contributed by atoms with Gasteiger partial charge in [-0.25, -0.2) is 9.59 Å². The summed E-state index contributed by atoms with van der Waals surface area (Å²) in [5, 5.41) is 5.47. The molecule has 0 bridgehead atoms. The van der Waals surface area contributed by atoms with Crippen LogP contribution in [0, 0.1) is 0 Å². The van der Waals surface area contributed by atoms with Gasteiger partial charge in [0.25, 0.3) is 0 Å². The molecule has 0 saturated carbocycles. The summed E-state index contributed by atoms with van der Waals surface area (Å²) >= 11 is 3.39. The minimum absolute atomic E-state index is 0.344. The summed E-state index contributed by atoms with van der Waals surface area (Å²) in [6.07, 6.45) is 1.76. The Kier molecular flexibility index (Phi) is 7.47. The van der Waals surface area contributed by atoms with Crippen molar-refractivity contribution in [2.24, 2.45) is 0 Å². The maximum absolute atomic E-state index is 12.1. The van der Waals surface area contributed by atoms with Crippen LogP contribution < -0.4 is 10.6 Å². The van der Waals surface area contributed by atoms with Gasteiger partial charge in [-0.3, -0.25) is 0 Å². The van der Waals surface area contributed by atoms with Gasteiger partial charge in [-0.05, 0) is 36.2 Å². The Morgan fingerprint density at radius 2 is 1.92 bits per heavy atom. The topological polar surface area (TPSA) is 67.4 Å². The largest absolute Gasteiger partial charge is 0.462 e. The van der Waals surface area contributed by atoms with Crippen LogP contribution in [0.3, 0.4) is 0 Å². The van der Waals surface area contributed by atoms with Crippen molar-refractivity contribution in [2.45, 2.75) is 26.3 Å². The molecule has 0 aromatic heterocycles. The van der Waals surface area contributed by atoms with Gasteiger partial charge in [-0.1, -0.05) is 53.5 Å². The quantitative estimate of drug-likeness (QED) is 0.517. The molecule has 25 heavy (non-hydrogen) atoms. The number of para-hydroxylation sites is 1. The molecule has 2 aromatic rings. The average Bonchev–Trinajstić information content (AvgIpc) is 2.61. The van der Waals surface area contributed by atoms with Gasteiger partial charge < -0.3 is 15.4 Å². The van der Waals surface area contributed by atoms with Crippen LogP contribution in [-0.4, -0.2) is 18.6 Å². The molecule has 0 aliphatic rings. The summed E-state index contributed by atoms with van der Waals surface area (Å²) in [6.45, 7) is 2.78. The summed E-state index contributed by atoms with van der Waals surface area (Å²) in [6, 6.07) is 14.1. The van der Waals surface area contributed by atoms with E-state index in [2.05, 4.69) is 26.6 Å². The Labute approximate surface area is 155 Å². The Morgan fingerprint density at radius 3 is 2.68 bits per heavy atom. The fraction of sp³-hybridized carbons (Fsp3) is 0.263. The van der Waals surface area contributed by atoms with Gasteiger partial charge in [0.15, 0.2) is 0 Å². The van der Waals surface area contributed by atoms with E-state index < -0.39 is 5.97 Å². The average molecular weight is 405 g/mol. The lowest BCUT2D eigenvalue weighted by atomic mass is 10.2. The van der Waals surface area contributed by atoms with Gasteiger partial charge in [0.2, 0.25) is 0 Å². The lowest BCUT2D eigenvalue weighted by molar-refractivity contribution is 0.0501. The third kappa shape index (κ3) is 6.23. The number of urea groups is 1. The molecular formula is C19H21BrN2O3. The zero-order chi connectivity index (χ0) is 18.1. The smallest absolute Gasteiger partial charge is 0.340 e. The number of hydrogen-bond donors (Lipinski definition) is 2. The molecule has 5 nitrogen and oxygen atoms in total.